The van der Waals surface area contributed by atoms with Gasteiger partial charge in [-0.2, -0.15) is 0 Å². The van der Waals surface area contributed by atoms with E-state index in [4.69, 9.17) is 9.84 Å². The largest absolute Gasteiger partial charge is 0.478 e. The van der Waals surface area contributed by atoms with Crippen molar-refractivity contribution in [1.29, 1.82) is 0 Å². The number of hydrogen-bond donors (Lipinski definition) is 2. The number of ether oxygens (including phenoxy) is 1. The van der Waals surface area contributed by atoms with Gasteiger partial charge >= 0.3 is 5.97 Å². The van der Waals surface area contributed by atoms with Crippen LogP contribution in [0.25, 0.3) is 0 Å². The van der Waals surface area contributed by atoms with Crippen LogP contribution in [0, 0.1) is 0 Å². The number of benzene rings is 1. The number of methoxy groups -OCH3 is 1. The highest BCUT2D eigenvalue weighted by atomic mass is 16.5. The molecule has 0 bridgehead atoms. The van der Waals surface area contributed by atoms with Crippen LogP contribution in [0.2, 0.25) is 0 Å². The van der Waals surface area contributed by atoms with Crippen LogP contribution in [-0.4, -0.2) is 30.3 Å². The van der Waals surface area contributed by atoms with E-state index in [0.29, 0.717) is 12.1 Å². The van der Waals surface area contributed by atoms with E-state index >= 15 is 0 Å². The molecule has 1 aromatic rings. The summed E-state index contributed by atoms with van der Waals surface area (Å²) in [6, 6.07) is 7.08. The zero-order valence-corrected chi connectivity index (χ0v) is 10.6. The molecular weight excluding hydrogens is 230 g/mol. The van der Waals surface area contributed by atoms with Crippen LogP contribution in [0.15, 0.2) is 24.3 Å². The Morgan fingerprint density at radius 3 is 2.72 bits per heavy atom. The Labute approximate surface area is 107 Å². The van der Waals surface area contributed by atoms with Crippen LogP contribution < -0.4 is 5.32 Å². The molecule has 0 spiro atoms. The molecular formula is C14H19NO3. The highest BCUT2D eigenvalue weighted by molar-refractivity contribution is 5.89. The number of nitrogens with one attached hydrogen (secondary N) is 1. The second-order valence-electron chi connectivity index (χ2n) is 4.81. The summed E-state index contributed by atoms with van der Waals surface area (Å²) in [7, 11) is 1.74. The zero-order chi connectivity index (χ0) is 13.0. The summed E-state index contributed by atoms with van der Waals surface area (Å²) in [5.41, 5.74) is 1.15. The zero-order valence-electron chi connectivity index (χ0n) is 10.6. The molecule has 98 valence electrons. The minimum atomic E-state index is -0.877. The molecule has 2 rings (SSSR count). The van der Waals surface area contributed by atoms with Gasteiger partial charge in [0.2, 0.25) is 0 Å². The average Bonchev–Trinajstić information content (AvgIpc) is 2.33. The predicted molar refractivity (Wildman–Crippen MR) is 68.7 cm³/mol. The second-order valence-corrected chi connectivity index (χ2v) is 4.81. The third-order valence-corrected chi connectivity index (χ3v) is 3.71. The van der Waals surface area contributed by atoms with E-state index in [-0.39, 0.29) is 5.60 Å². The van der Waals surface area contributed by atoms with Crippen LogP contribution in [-0.2, 0) is 11.3 Å². The Kier molecular flexibility index (Phi) is 3.99. The smallest absolute Gasteiger partial charge is 0.336 e. The first-order valence-electron chi connectivity index (χ1n) is 6.24. The van der Waals surface area contributed by atoms with Crippen molar-refractivity contribution >= 4 is 5.97 Å². The van der Waals surface area contributed by atoms with Crippen molar-refractivity contribution in [3.8, 4) is 0 Å². The van der Waals surface area contributed by atoms with Crippen LogP contribution in [0.5, 0.6) is 0 Å². The van der Waals surface area contributed by atoms with Gasteiger partial charge in [-0.1, -0.05) is 18.2 Å². The molecule has 1 aliphatic rings. The summed E-state index contributed by atoms with van der Waals surface area (Å²) in [5, 5.41) is 12.4. The van der Waals surface area contributed by atoms with E-state index in [1.165, 1.54) is 6.42 Å². The van der Waals surface area contributed by atoms with Crippen molar-refractivity contribution in [2.24, 2.45) is 0 Å². The summed E-state index contributed by atoms with van der Waals surface area (Å²) in [6.07, 6.45) is 3.37. The first-order chi connectivity index (χ1) is 8.67. The maximum Gasteiger partial charge on any atom is 0.336 e. The Morgan fingerprint density at radius 2 is 2.17 bits per heavy atom. The Morgan fingerprint density at radius 1 is 1.44 bits per heavy atom. The topological polar surface area (TPSA) is 58.6 Å². The minimum absolute atomic E-state index is 0.0296. The number of carboxylic acids is 1. The average molecular weight is 249 g/mol. The fraction of sp³-hybridized carbons (Fsp3) is 0.500. The second kappa shape index (κ2) is 5.50. The van der Waals surface area contributed by atoms with Crippen LogP contribution in [0.3, 0.4) is 0 Å². The molecule has 0 saturated heterocycles. The van der Waals surface area contributed by atoms with Gasteiger partial charge in [0, 0.05) is 20.2 Å². The van der Waals surface area contributed by atoms with E-state index in [1.807, 2.05) is 12.1 Å². The number of carboxylic acid groups (broad SMARTS) is 1. The number of aromatic carboxylic acids is 1. The number of rotatable bonds is 6. The van der Waals surface area contributed by atoms with Crippen molar-refractivity contribution in [2.45, 2.75) is 31.4 Å². The van der Waals surface area contributed by atoms with Crippen molar-refractivity contribution in [3.05, 3.63) is 35.4 Å². The molecule has 0 atom stereocenters. The Balaban J connectivity index is 1.92. The lowest BCUT2D eigenvalue weighted by Crippen LogP contribution is -2.47. The summed E-state index contributed by atoms with van der Waals surface area (Å²) in [4.78, 5) is 11.1. The molecule has 2 N–H and O–H groups in total. The van der Waals surface area contributed by atoms with Gasteiger partial charge in [-0.05, 0) is 30.9 Å². The molecule has 0 unspecified atom stereocenters. The number of carbonyl (C=O) groups is 1. The first-order valence-corrected chi connectivity index (χ1v) is 6.24. The summed E-state index contributed by atoms with van der Waals surface area (Å²) in [6.45, 7) is 1.34. The first kappa shape index (κ1) is 13.1. The summed E-state index contributed by atoms with van der Waals surface area (Å²) < 4.78 is 5.51. The minimum Gasteiger partial charge on any atom is -0.478 e. The third kappa shape index (κ3) is 2.71. The molecule has 1 aliphatic carbocycles. The molecule has 0 aromatic heterocycles. The van der Waals surface area contributed by atoms with Gasteiger partial charge in [-0.15, -0.1) is 0 Å². The van der Waals surface area contributed by atoms with Gasteiger partial charge in [-0.25, -0.2) is 4.79 Å². The molecule has 4 heteroatoms. The lowest BCUT2D eigenvalue weighted by atomic mass is 9.80. The van der Waals surface area contributed by atoms with Crippen LogP contribution in [0.1, 0.15) is 35.2 Å². The Bertz CT molecular complexity index is 421. The lowest BCUT2D eigenvalue weighted by molar-refractivity contribution is -0.0695. The van der Waals surface area contributed by atoms with Gasteiger partial charge in [0.15, 0.2) is 0 Å². The van der Waals surface area contributed by atoms with E-state index in [9.17, 15) is 4.79 Å². The van der Waals surface area contributed by atoms with Crippen LogP contribution >= 0.6 is 0 Å². The maximum atomic E-state index is 11.1. The molecule has 0 heterocycles. The van der Waals surface area contributed by atoms with Crippen molar-refractivity contribution in [3.63, 3.8) is 0 Å². The fourth-order valence-corrected chi connectivity index (χ4v) is 2.33. The monoisotopic (exact) mass is 249 g/mol. The van der Waals surface area contributed by atoms with E-state index in [2.05, 4.69) is 5.32 Å². The van der Waals surface area contributed by atoms with Gasteiger partial charge in [-0.3, -0.25) is 0 Å². The maximum absolute atomic E-state index is 11.1. The van der Waals surface area contributed by atoms with Gasteiger partial charge < -0.3 is 15.2 Å². The molecule has 1 aromatic carbocycles. The molecule has 0 aliphatic heterocycles. The van der Waals surface area contributed by atoms with Gasteiger partial charge in [0.25, 0.3) is 0 Å². The van der Waals surface area contributed by atoms with Gasteiger partial charge in [0.05, 0.1) is 11.2 Å². The van der Waals surface area contributed by atoms with E-state index < -0.39 is 5.97 Å². The van der Waals surface area contributed by atoms with Crippen LogP contribution in [0.4, 0.5) is 0 Å². The van der Waals surface area contributed by atoms with Crippen molar-refractivity contribution < 1.29 is 14.6 Å². The molecule has 4 nitrogen and oxygen atoms in total. The lowest BCUT2D eigenvalue weighted by Gasteiger charge is -2.40. The van der Waals surface area contributed by atoms with Crippen molar-refractivity contribution in [2.75, 3.05) is 13.7 Å². The molecule has 0 amide bonds. The van der Waals surface area contributed by atoms with E-state index in [1.54, 1.807) is 19.2 Å². The highest BCUT2D eigenvalue weighted by Crippen LogP contribution is 2.34. The van der Waals surface area contributed by atoms with Gasteiger partial charge in [0.1, 0.15) is 0 Å². The Hall–Kier alpha value is -1.39. The normalized spacial score (nSPS) is 17.2. The molecule has 0 radical (unpaired) electrons. The van der Waals surface area contributed by atoms with E-state index in [0.717, 1.165) is 24.9 Å². The quantitative estimate of drug-likeness (QED) is 0.810. The summed E-state index contributed by atoms with van der Waals surface area (Å²) in [5.74, 6) is -0.877. The summed E-state index contributed by atoms with van der Waals surface area (Å²) >= 11 is 0. The predicted octanol–water partition coefficient (Wildman–Crippen LogP) is 2.04. The number of hydrogen-bond acceptors (Lipinski definition) is 3. The fourth-order valence-electron chi connectivity index (χ4n) is 2.33. The highest BCUT2D eigenvalue weighted by Gasteiger charge is 2.36. The molecule has 18 heavy (non-hydrogen) atoms. The molecule has 1 fully saturated rings. The van der Waals surface area contributed by atoms with Crippen molar-refractivity contribution in [1.82, 2.24) is 5.32 Å². The molecule has 1 saturated carbocycles. The SMILES string of the molecule is COC1(CNCc2ccccc2C(=O)O)CCC1. The standard InChI is InChI=1S/C14H19NO3/c1-18-14(7-4-8-14)10-15-9-11-5-2-3-6-12(11)13(16)17/h2-3,5-6,15H,4,7-10H2,1H3,(H,16,17). The third-order valence-electron chi connectivity index (χ3n) is 3.71.